The van der Waals surface area contributed by atoms with Crippen molar-refractivity contribution in [3.8, 4) is 0 Å². The predicted molar refractivity (Wildman–Crippen MR) is 125 cm³/mol. The highest BCUT2D eigenvalue weighted by Crippen LogP contribution is 2.31. The minimum Gasteiger partial charge on any atom is -0.325 e. The largest absolute Gasteiger partial charge is 0.325 e. The zero-order chi connectivity index (χ0) is 21.9. The highest BCUT2D eigenvalue weighted by Gasteiger charge is 2.28. The van der Waals surface area contributed by atoms with E-state index >= 15 is 0 Å². The molecular weight excluding hydrogens is 488 g/mol. The number of anilines is 2. The van der Waals surface area contributed by atoms with E-state index < -0.39 is 22.5 Å². The van der Waals surface area contributed by atoms with Gasteiger partial charge in [0.25, 0.3) is 10.0 Å². The van der Waals surface area contributed by atoms with Gasteiger partial charge in [-0.25, -0.2) is 8.42 Å². The summed E-state index contributed by atoms with van der Waals surface area (Å²) in [5, 5.41) is 3.19. The van der Waals surface area contributed by atoms with Crippen molar-refractivity contribution in [2.24, 2.45) is 0 Å². The molecule has 1 amide bonds. The number of hydrogen-bond donors (Lipinski definition) is 1. The van der Waals surface area contributed by atoms with Crippen molar-refractivity contribution in [3.05, 3.63) is 87.4 Å². The Balaban J connectivity index is 1.98. The molecule has 3 aromatic rings. The van der Waals surface area contributed by atoms with Crippen molar-refractivity contribution < 1.29 is 13.2 Å². The van der Waals surface area contributed by atoms with Gasteiger partial charge < -0.3 is 5.32 Å². The number of hydrogen-bond acceptors (Lipinski definition) is 3. The Morgan fingerprint density at radius 2 is 1.73 bits per heavy atom. The molecule has 0 heterocycles. The normalized spacial score (nSPS) is 11.2. The first-order chi connectivity index (χ1) is 14.2. The number of carbonyl (C=O) groups excluding carboxylic acids is 1. The van der Waals surface area contributed by atoms with Crippen LogP contribution in [0.15, 0.2) is 76.1 Å². The quantitative estimate of drug-likeness (QED) is 0.475. The van der Waals surface area contributed by atoms with Crippen LogP contribution in [0.25, 0.3) is 0 Å². The summed E-state index contributed by atoms with van der Waals surface area (Å²) < 4.78 is 28.8. The lowest BCUT2D eigenvalue weighted by atomic mass is 10.2. The lowest BCUT2D eigenvalue weighted by Gasteiger charge is -2.26. The highest BCUT2D eigenvalue weighted by molar-refractivity contribution is 9.10. The molecule has 3 aromatic carbocycles. The molecule has 30 heavy (non-hydrogen) atoms. The summed E-state index contributed by atoms with van der Waals surface area (Å²) in [6, 6.07) is 18.4. The zero-order valence-corrected chi connectivity index (χ0v) is 19.6. The lowest BCUT2D eigenvalue weighted by molar-refractivity contribution is -0.114. The van der Waals surface area contributed by atoms with E-state index in [2.05, 4.69) is 21.2 Å². The van der Waals surface area contributed by atoms with E-state index in [0.29, 0.717) is 22.0 Å². The van der Waals surface area contributed by atoms with E-state index in [-0.39, 0.29) is 4.90 Å². The predicted octanol–water partition coefficient (Wildman–Crippen LogP) is 5.55. The van der Waals surface area contributed by atoms with Gasteiger partial charge in [0.1, 0.15) is 6.54 Å². The maximum Gasteiger partial charge on any atom is 0.264 e. The minimum atomic E-state index is -3.99. The lowest BCUT2D eigenvalue weighted by Crippen LogP contribution is -2.38. The van der Waals surface area contributed by atoms with Gasteiger partial charge in [-0.15, -0.1) is 0 Å². The Labute approximate surface area is 189 Å². The van der Waals surface area contributed by atoms with Crippen LogP contribution in [0.4, 0.5) is 11.4 Å². The van der Waals surface area contributed by atoms with Crippen LogP contribution in [0.5, 0.6) is 0 Å². The summed E-state index contributed by atoms with van der Waals surface area (Å²) >= 11 is 9.65. The maximum absolute atomic E-state index is 13.4. The number of nitrogens with zero attached hydrogens (tertiary/aromatic N) is 1. The molecule has 5 nitrogen and oxygen atoms in total. The van der Waals surface area contributed by atoms with Crippen molar-refractivity contribution in [2.75, 3.05) is 16.2 Å². The molecular formula is C22H20BrClN2O3S. The number of nitrogens with one attached hydrogen (secondary N) is 1. The van der Waals surface area contributed by atoms with Gasteiger partial charge in [-0.3, -0.25) is 9.10 Å². The third-order valence-electron chi connectivity index (χ3n) is 4.57. The molecule has 0 fully saturated rings. The van der Waals surface area contributed by atoms with Gasteiger partial charge in [0.2, 0.25) is 5.91 Å². The summed E-state index contributed by atoms with van der Waals surface area (Å²) in [4.78, 5) is 12.9. The van der Waals surface area contributed by atoms with Crippen molar-refractivity contribution in [1.82, 2.24) is 0 Å². The van der Waals surface area contributed by atoms with Crippen molar-refractivity contribution in [1.29, 1.82) is 0 Å². The van der Waals surface area contributed by atoms with Crippen LogP contribution in [0.1, 0.15) is 11.1 Å². The molecule has 0 aliphatic heterocycles. The van der Waals surface area contributed by atoms with Gasteiger partial charge in [-0.05, 0) is 67.4 Å². The smallest absolute Gasteiger partial charge is 0.264 e. The Morgan fingerprint density at radius 1 is 1.03 bits per heavy atom. The first kappa shape index (κ1) is 22.3. The van der Waals surface area contributed by atoms with Crippen LogP contribution in [-0.2, 0) is 14.8 Å². The van der Waals surface area contributed by atoms with E-state index in [1.165, 1.54) is 12.1 Å². The molecule has 0 aromatic heterocycles. The van der Waals surface area contributed by atoms with E-state index in [4.69, 9.17) is 11.6 Å². The third-order valence-corrected chi connectivity index (χ3v) is 7.64. The Morgan fingerprint density at radius 3 is 2.40 bits per heavy atom. The maximum atomic E-state index is 13.4. The molecule has 0 bridgehead atoms. The fraction of sp³-hybridized carbons (Fsp3) is 0.136. The van der Waals surface area contributed by atoms with E-state index in [0.717, 1.165) is 14.3 Å². The summed E-state index contributed by atoms with van der Waals surface area (Å²) in [5.41, 5.74) is 2.47. The summed E-state index contributed by atoms with van der Waals surface area (Å²) in [5.74, 6) is -0.462. The molecule has 0 aliphatic carbocycles. The van der Waals surface area contributed by atoms with Crippen LogP contribution < -0.4 is 9.62 Å². The highest BCUT2D eigenvalue weighted by atomic mass is 79.9. The third kappa shape index (κ3) is 4.86. The standard InChI is InChI=1S/C22H20BrClN2O3S/c1-15-13-17(11-12-19(15)23)25-22(27)14-26(21-10-6-9-20(24)16(21)2)30(28,29)18-7-4-3-5-8-18/h3-13H,14H2,1-2H3,(H,25,27). The molecule has 0 saturated carbocycles. The van der Waals surface area contributed by atoms with E-state index in [1.54, 1.807) is 49.4 Å². The second-order valence-corrected chi connectivity index (χ2v) is 9.84. The molecule has 0 unspecified atom stereocenters. The summed E-state index contributed by atoms with van der Waals surface area (Å²) in [7, 11) is -3.99. The molecule has 0 atom stereocenters. The first-order valence-electron chi connectivity index (χ1n) is 9.09. The Kier molecular flexibility index (Phi) is 6.85. The number of benzene rings is 3. The van der Waals surface area contributed by atoms with Gasteiger partial charge in [0.15, 0.2) is 0 Å². The molecule has 0 saturated heterocycles. The van der Waals surface area contributed by atoms with Crippen LogP contribution in [-0.4, -0.2) is 20.9 Å². The SMILES string of the molecule is Cc1cc(NC(=O)CN(c2cccc(Cl)c2C)S(=O)(=O)c2ccccc2)ccc1Br. The van der Waals surface area contributed by atoms with Crippen LogP contribution in [0, 0.1) is 13.8 Å². The van der Waals surface area contributed by atoms with E-state index in [9.17, 15) is 13.2 Å². The first-order valence-corrected chi connectivity index (χ1v) is 11.7. The van der Waals surface area contributed by atoms with Gasteiger partial charge in [0.05, 0.1) is 10.6 Å². The average molecular weight is 508 g/mol. The van der Waals surface area contributed by atoms with Crippen LogP contribution >= 0.6 is 27.5 Å². The topological polar surface area (TPSA) is 66.5 Å². The number of rotatable bonds is 6. The molecule has 3 rings (SSSR count). The molecule has 1 N–H and O–H groups in total. The molecule has 0 radical (unpaired) electrons. The molecule has 0 aliphatic rings. The van der Waals surface area contributed by atoms with Gasteiger partial charge in [-0.2, -0.15) is 0 Å². The van der Waals surface area contributed by atoms with Crippen molar-refractivity contribution in [2.45, 2.75) is 18.7 Å². The number of halogens is 2. The zero-order valence-electron chi connectivity index (χ0n) is 16.4. The minimum absolute atomic E-state index is 0.0941. The molecule has 156 valence electrons. The fourth-order valence-corrected chi connectivity index (χ4v) is 4.85. The Bertz CT molecular complexity index is 1180. The number of carbonyl (C=O) groups is 1. The summed E-state index contributed by atoms with van der Waals surface area (Å²) in [6.45, 7) is 3.23. The monoisotopic (exact) mass is 506 g/mol. The fourth-order valence-electron chi connectivity index (χ4n) is 2.94. The van der Waals surface area contributed by atoms with Crippen molar-refractivity contribution in [3.63, 3.8) is 0 Å². The van der Waals surface area contributed by atoms with Gasteiger partial charge in [0, 0.05) is 15.2 Å². The second-order valence-electron chi connectivity index (χ2n) is 6.72. The number of amides is 1. The van der Waals surface area contributed by atoms with Crippen LogP contribution in [0.2, 0.25) is 5.02 Å². The van der Waals surface area contributed by atoms with Crippen molar-refractivity contribution >= 4 is 54.8 Å². The molecule has 8 heteroatoms. The van der Waals surface area contributed by atoms with Crippen LogP contribution in [0.3, 0.4) is 0 Å². The average Bonchev–Trinajstić information content (AvgIpc) is 2.72. The number of sulfonamides is 1. The van der Waals surface area contributed by atoms with E-state index in [1.807, 2.05) is 19.1 Å². The second kappa shape index (κ2) is 9.20. The molecule has 0 spiro atoms. The van der Waals surface area contributed by atoms with Gasteiger partial charge >= 0.3 is 0 Å². The Hall–Kier alpha value is -2.35. The van der Waals surface area contributed by atoms with Gasteiger partial charge in [-0.1, -0.05) is 51.8 Å². The number of aryl methyl sites for hydroxylation is 1. The summed E-state index contributed by atoms with van der Waals surface area (Å²) in [6.07, 6.45) is 0.